The van der Waals surface area contributed by atoms with Gasteiger partial charge in [-0.15, -0.1) is 0 Å². The predicted octanol–water partition coefficient (Wildman–Crippen LogP) is 10.2. The fourth-order valence-corrected chi connectivity index (χ4v) is 7.11. The molecular formula is C38H61NO7Si2. The Kier molecular flexibility index (Phi) is 15.1. The van der Waals surface area contributed by atoms with Crippen LogP contribution in [-0.2, 0) is 18.3 Å². The lowest BCUT2D eigenvalue weighted by atomic mass is 9.99. The molecule has 1 aliphatic heterocycles. The van der Waals surface area contributed by atoms with E-state index < -0.39 is 39.7 Å². The Bertz CT molecular complexity index is 1340. The largest absolute Gasteiger partial charge is 0.443 e. The van der Waals surface area contributed by atoms with Crippen molar-refractivity contribution in [3.63, 3.8) is 0 Å². The SMILES string of the molecule is C=C(CCCC)[C@H](O[Si](C)(C)C(C)(C)C)/C(C)=C/C#C[C@@H](OC(=O)c1ccc([N+](=O)[O-])cc1)[C@H]1CC[C@H](CCO[Si](C)(C)C(C)(C)C)O1. The number of allylic oxidation sites excluding steroid dienone is 1. The van der Waals surface area contributed by atoms with Gasteiger partial charge in [-0.2, -0.15) is 0 Å². The van der Waals surface area contributed by atoms with Gasteiger partial charge < -0.3 is 18.3 Å². The zero-order valence-corrected chi connectivity index (χ0v) is 33.7. The number of carbonyl (C=O) groups is 1. The lowest BCUT2D eigenvalue weighted by Crippen LogP contribution is -2.44. The molecule has 2 rings (SSSR count). The van der Waals surface area contributed by atoms with Crippen LogP contribution in [0.4, 0.5) is 5.69 Å². The van der Waals surface area contributed by atoms with Crippen LogP contribution in [0.25, 0.3) is 0 Å². The topological polar surface area (TPSA) is 97.1 Å². The van der Waals surface area contributed by atoms with E-state index in [1.54, 1.807) is 0 Å². The van der Waals surface area contributed by atoms with E-state index in [-0.39, 0.29) is 33.5 Å². The summed E-state index contributed by atoms with van der Waals surface area (Å²) in [5.74, 6) is 5.74. The minimum atomic E-state index is -2.12. The minimum Gasteiger partial charge on any atom is -0.443 e. The van der Waals surface area contributed by atoms with E-state index >= 15 is 0 Å². The van der Waals surface area contributed by atoms with Crippen LogP contribution in [0.5, 0.6) is 0 Å². The van der Waals surface area contributed by atoms with Crippen LogP contribution < -0.4 is 0 Å². The number of carbonyl (C=O) groups excluding carboxylic acids is 1. The summed E-state index contributed by atoms with van der Waals surface area (Å²) in [6, 6.07) is 5.38. The van der Waals surface area contributed by atoms with Crippen molar-refractivity contribution in [1.82, 2.24) is 0 Å². The van der Waals surface area contributed by atoms with Gasteiger partial charge in [-0.3, -0.25) is 10.1 Å². The Hall–Kier alpha value is -2.56. The second-order valence-electron chi connectivity index (χ2n) is 16.1. The number of nitrogens with zero attached hydrogens (tertiary/aromatic N) is 1. The van der Waals surface area contributed by atoms with Crippen molar-refractivity contribution in [3.05, 3.63) is 63.7 Å². The molecule has 0 spiro atoms. The third-order valence-corrected chi connectivity index (χ3v) is 19.1. The lowest BCUT2D eigenvalue weighted by molar-refractivity contribution is -0.384. The molecule has 48 heavy (non-hydrogen) atoms. The van der Waals surface area contributed by atoms with Crippen molar-refractivity contribution in [2.75, 3.05) is 6.61 Å². The van der Waals surface area contributed by atoms with Gasteiger partial charge in [-0.25, -0.2) is 4.79 Å². The normalized spacial score (nSPS) is 18.9. The van der Waals surface area contributed by atoms with Gasteiger partial charge in [0.05, 0.1) is 22.7 Å². The van der Waals surface area contributed by atoms with Gasteiger partial charge in [-0.1, -0.05) is 73.3 Å². The van der Waals surface area contributed by atoms with Crippen LogP contribution in [-0.4, -0.2) is 58.6 Å². The zero-order chi connectivity index (χ0) is 36.5. The first-order valence-corrected chi connectivity index (χ1v) is 23.2. The molecule has 0 bridgehead atoms. The number of hydrogen-bond donors (Lipinski definition) is 0. The van der Waals surface area contributed by atoms with E-state index in [1.807, 2.05) is 13.0 Å². The molecule has 1 fully saturated rings. The average Bonchev–Trinajstić information content (AvgIpc) is 3.45. The highest BCUT2D eigenvalue weighted by atomic mass is 28.4. The van der Waals surface area contributed by atoms with Crippen molar-refractivity contribution in [3.8, 4) is 11.8 Å². The molecule has 0 aliphatic carbocycles. The molecule has 4 atom stereocenters. The van der Waals surface area contributed by atoms with E-state index in [9.17, 15) is 14.9 Å². The summed E-state index contributed by atoms with van der Waals surface area (Å²) in [6.07, 6.45) is 5.57. The van der Waals surface area contributed by atoms with Gasteiger partial charge >= 0.3 is 5.97 Å². The van der Waals surface area contributed by atoms with Crippen LogP contribution >= 0.6 is 0 Å². The molecule has 1 saturated heterocycles. The summed E-state index contributed by atoms with van der Waals surface area (Å²) in [5, 5.41) is 11.3. The van der Waals surface area contributed by atoms with Crippen molar-refractivity contribution < 1.29 is 28.0 Å². The monoisotopic (exact) mass is 699 g/mol. The van der Waals surface area contributed by atoms with E-state index in [0.29, 0.717) is 13.0 Å². The number of rotatable bonds is 15. The van der Waals surface area contributed by atoms with Gasteiger partial charge in [0.2, 0.25) is 0 Å². The molecule has 0 amide bonds. The van der Waals surface area contributed by atoms with Crippen LogP contribution in [0.15, 0.2) is 48.1 Å². The Morgan fingerprint density at radius 3 is 2.23 bits per heavy atom. The number of nitro benzene ring substituents is 1. The number of non-ortho nitro benzene ring substituents is 1. The molecule has 0 saturated carbocycles. The fraction of sp³-hybridized carbons (Fsp3) is 0.658. The number of ether oxygens (including phenoxy) is 2. The number of hydrogen-bond acceptors (Lipinski definition) is 7. The van der Waals surface area contributed by atoms with Gasteiger partial charge in [-0.05, 0) is 105 Å². The van der Waals surface area contributed by atoms with Gasteiger partial charge in [0, 0.05) is 18.7 Å². The predicted molar refractivity (Wildman–Crippen MR) is 200 cm³/mol. The highest BCUT2D eigenvalue weighted by Crippen LogP contribution is 2.40. The second kappa shape index (κ2) is 17.4. The highest BCUT2D eigenvalue weighted by Gasteiger charge is 2.40. The zero-order valence-electron chi connectivity index (χ0n) is 31.7. The first-order chi connectivity index (χ1) is 22.1. The third-order valence-electron chi connectivity index (χ3n) is 10.1. The highest BCUT2D eigenvalue weighted by molar-refractivity contribution is 6.74. The molecule has 0 radical (unpaired) electrons. The standard InChI is InChI=1S/C38H61NO7Si2/c1-14-15-17-28(2)35(46-48(12,13)38(7,8)9)29(3)18-16-19-33(45-36(40)30-20-22-31(23-21-30)39(41)42)34-25-24-32(44-34)26-27-43-47(10,11)37(4,5)6/h18,20-23,32-35H,2,14-15,17,24-27H2,1,3-13H3/b29-18+/t32-,33-,34-,35+/m1/s1. The molecule has 0 N–H and O–H groups in total. The molecule has 1 aromatic rings. The molecular weight excluding hydrogens is 639 g/mol. The first-order valence-electron chi connectivity index (χ1n) is 17.4. The fourth-order valence-electron chi connectivity index (χ4n) is 4.75. The maximum absolute atomic E-state index is 13.2. The Morgan fingerprint density at radius 2 is 1.69 bits per heavy atom. The molecule has 1 aromatic carbocycles. The number of esters is 1. The Morgan fingerprint density at radius 1 is 1.08 bits per heavy atom. The molecule has 0 aromatic heterocycles. The number of benzene rings is 1. The van der Waals surface area contributed by atoms with E-state index in [0.717, 1.165) is 43.3 Å². The molecule has 0 unspecified atom stereocenters. The quantitative estimate of drug-likeness (QED) is 0.0449. The van der Waals surface area contributed by atoms with Crippen molar-refractivity contribution in [2.24, 2.45) is 0 Å². The summed E-state index contributed by atoms with van der Waals surface area (Å²) in [4.78, 5) is 23.8. The molecule has 268 valence electrons. The number of nitro groups is 1. The molecule has 1 aliphatic rings. The van der Waals surface area contributed by atoms with E-state index in [4.69, 9.17) is 18.3 Å². The van der Waals surface area contributed by atoms with Gasteiger partial charge in [0.15, 0.2) is 22.7 Å². The smallest absolute Gasteiger partial charge is 0.339 e. The average molecular weight is 700 g/mol. The maximum atomic E-state index is 13.2. The summed E-state index contributed by atoms with van der Waals surface area (Å²) in [6.45, 7) is 31.5. The summed E-state index contributed by atoms with van der Waals surface area (Å²) in [7, 11) is -3.99. The minimum absolute atomic E-state index is 0.0244. The van der Waals surface area contributed by atoms with E-state index in [1.165, 1.54) is 24.3 Å². The molecule has 10 heteroatoms. The number of unbranched alkanes of at least 4 members (excludes halogenated alkanes) is 1. The van der Waals surface area contributed by atoms with Gasteiger partial charge in [0.1, 0.15) is 6.10 Å². The lowest BCUT2D eigenvalue weighted by Gasteiger charge is -2.40. The summed E-state index contributed by atoms with van der Waals surface area (Å²) in [5.41, 5.74) is 2.12. The van der Waals surface area contributed by atoms with E-state index in [2.05, 4.69) is 93.1 Å². The third kappa shape index (κ3) is 12.1. The van der Waals surface area contributed by atoms with Crippen molar-refractivity contribution >= 4 is 28.3 Å². The van der Waals surface area contributed by atoms with Crippen LogP contribution in [0.1, 0.15) is 104 Å². The van der Waals surface area contributed by atoms with Crippen molar-refractivity contribution in [2.45, 2.75) is 155 Å². The summed E-state index contributed by atoms with van der Waals surface area (Å²) < 4.78 is 25.6. The van der Waals surface area contributed by atoms with Gasteiger partial charge in [0.25, 0.3) is 5.69 Å². The Labute approximate surface area is 292 Å². The Balaban J connectivity index is 2.33. The molecule has 1 heterocycles. The maximum Gasteiger partial charge on any atom is 0.339 e. The summed E-state index contributed by atoms with van der Waals surface area (Å²) >= 11 is 0. The van der Waals surface area contributed by atoms with Crippen LogP contribution in [0, 0.1) is 22.0 Å². The van der Waals surface area contributed by atoms with Crippen molar-refractivity contribution in [1.29, 1.82) is 0 Å². The van der Waals surface area contributed by atoms with Crippen LogP contribution in [0.2, 0.25) is 36.3 Å². The first kappa shape index (κ1) is 41.6. The molecule has 8 nitrogen and oxygen atoms in total. The van der Waals surface area contributed by atoms with Crippen LogP contribution in [0.3, 0.4) is 0 Å². The second-order valence-corrected chi connectivity index (χ2v) is 25.7.